The SMILES string of the molecule is [CH2]C([CH2])C(C)(C)C. The molecule has 0 aliphatic rings. The van der Waals surface area contributed by atoms with Gasteiger partial charge in [-0.3, -0.25) is 0 Å². The lowest BCUT2D eigenvalue weighted by atomic mass is 9.84. The van der Waals surface area contributed by atoms with Crippen LogP contribution < -0.4 is 0 Å². The highest BCUT2D eigenvalue weighted by atomic mass is 14.2. The molecule has 0 aliphatic heterocycles. The summed E-state index contributed by atoms with van der Waals surface area (Å²) in [5.41, 5.74) is 0.278. The van der Waals surface area contributed by atoms with Crippen LogP contribution in [0.15, 0.2) is 0 Å². The third-order valence-electron chi connectivity index (χ3n) is 1.22. The van der Waals surface area contributed by atoms with E-state index in [1.54, 1.807) is 0 Å². The summed E-state index contributed by atoms with van der Waals surface area (Å²) in [7, 11) is 0. The van der Waals surface area contributed by atoms with Gasteiger partial charge in [-0.15, -0.1) is 0 Å². The Kier molecular flexibility index (Phi) is 1.85. The van der Waals surface area contributed by atoms with Gasteiger partial charge in [0, 0.05) is 0 Å². The van der Waals surface area contributed by atoms with Gasteiger partial charge in [0.25, 0.3) is 0 Å². The van der Waals surface area contributed by atoms with Crippen LogP contribution in [-0.2, 0) is 0 Å². The molecular weight excluding hydrogens is 84.1 g/mol. The predicted molar refractivity (Wildman–Crippen MR) is 33.7 cm³/mol. The fourth-order valence-corrected chi connectivity index (χ4v) is 0. The van der Waals surface area contributed by atoms with Crippen LogP contribution in [-0.4, -0.2) is 0 Å². The molecule has 0 bridgehead atoms. The maximum absolute atomic E-state index is 3.80. The van der Waals surface area contributed by atoms with Crippen molar-refractivity contribution < 1.29 is 0 Å². The molecule has 0 rings (SSSR count). The van der Waals surface area contributed by atoms with Crippen LogP contribution in [0.3, 0.4) is 0 Å². The minimum Gasteiger partial charge on any atom is -0.0599 e. The topological polar surface area (TPSA) is 0 Å². The molecule has 0 aromatic rings. The number of hydrogen-bond acceptors (Lipinski definition) is 0. The summed E-state index contributed by atoms with van der Waals surface area (Å²) in [6.45, 7) is 14.0. The van der Waals surface area contributed by atoms with Crippen LogP contribution in [0.4, 0.5) is 0 Å². The molecule has 0 saturated carbocycles. The Labute approximate surface area is 46.9 Å². The summed E-state index contributed by atoms with van der Waals surface area (Å²) in [6, 6.07) is 0. The summed E-state index contributed by atoms with van der Waals surface area (Å²) < 4.78 is 0. The van der Waals surface area contributed by atoms with Crippen molar-refractivity contribution in [3.05, 3.63) is 13.8 Å². The molecule has 0 heteroatoms. The van der Waals surface area contributed by atoms with E-state index in [1.807, 2.05) is 0 Å². The molecule has 0 unspecified atom stereocenters. The molecular formula is C7H14. The van der Waals surface area contributed by atoms with Gasteiger partial charge in [-0.25, -0.2) is 0 Å². The maximum atomic E-state index is 3.80. The van der Waals surface area contributed by atoms with Gasteiger partial charge in [0.05, 0.1) is 0 Å². The molecule has 0 aliphatic carbocycles. The molecule has 0 aromatic heterocycles. The lowest BCUT2D eigenvalue weighted by Crippen LogP contribution is -2.13. The highest BCUT2D eigenvalue weighted by Gasteiger charge is 2.13. The molecule has 42 valence electrons. The van der Waals surface area contributed by atoms with E-state index in [4.69, 9.17) is 0 Å². The average Bonchev–Trinajstić information content (AvgIpc) is 1.31. The Hall–Kier alpha value is 0. The zero-order valence-electron chi connectivity index (χ0n) is 5.49. The standard InChI is InChI=1S/C7H14/c1-6(2)7(3,4)5/h6H,1-2H2,3-5H3. The van der Waals surface area contributed by atoms with Crippen LogP contribution in [0, 0.1) is 25.2 Å². The first-order valence-corrected chi connectivity index (χ1v) is 2.61. The Balaban J connectivity index is 3.54. The Morgan fingerprint density at radius 2 is 1.29 bits per heavy atom. The molecule has 0 amide bonds. The molecule has 0 spiro atoms. The molecule has 0 atom stereocenters. The molecule has 0 saturated heterocycles. The van der Waals surface area contributed by atoms with Crippen molar-refractivity contribution in [1.29, 1.82) is 0 Å². The smallest absolute Gasteiger partial charge is 0.0354 e. The minimum absolute atomic E-state index is 0.278. The second-order valence-electron chi connectivity index (χ2n) is 3.06. The summed E-state index contributed by atoms with van der Waals surface area (Å²) in [6.07, 6.45) is 0. The quantitative estimate of drug-likeness (QED) is 0.436. The minimum atomic E-state index is 0.278. The van der Waals surface area contributed by atoms with E-state index in [0.29, 0.717) is 5.92 Å². The van der Waals surface area contributed by atoms with Crippen molar-refractivity contribution >= 4 is 0 Å². The normalized spacial score (nSPS) is 12.9. The second kappa shape index (κ2) is 1.85. The van der Waals surface area contributed by atoms with Gasteiger partial charge >= 0.3 is 0 Å². The molecule has 0 fully saturated rings. The zero-order chi connectivity index (χ0) is 6.08. The molecule has 0 nitrogen and oxygen atoms in total. The average molecular weight is 98.2 g/mol. The zero-order valence-corrected chi connectivity index (χ0v) is 5.49. The third kappa shape index (κ3) is 2.67. The Morgan fingerprint density at radius 1 is 1.14 bits per heavy atom. The summed E-state index contributed by atoms with van der Waals surface area (Å²) in [5, 5.41) is 0. The fourth-order valence-electron chi connectivity index (χ4n) is 0. The van der Waals surface area contributed by atoms with Gasteiger partial charge in [0.1, 0.15) is 0 Å². The summed E-state index contributed by atoms with van der Waals surface area (Å²) in [4.78, 5) is 0. The first-order chi connectivity index (χ1) is 2.94. The molecule has 0 N–H and O–H groups in total. The van der Waals surface area contributed by atoms with Gasteiger partial charge in [-0.2, -0.15) is 0 Å². The van der Waals surface area contributed by atoms with E-state index in [1.165, 1.54) is 0 Å². The first-order valence-electron chi connectivity index (χ1n) is 2.61. The van der Waals surface area contributed by atoms with E-state index >= 15 is 0 Å². The predicted octanol–water partition coefficient (Wildman–Crippen LogP) is 2.32. The van der Waals surface area contributed by atoms with Crippen LogP contribution in [0.5, 0.6) is 0 Å². The van der Waals surface area contributed by atoms with E-state index in [9.17, 15) is 0 Å². The monoisotopic (exact) mass is 98.1 g/mol. The summed E-state index contributed by atoms with van der Waals surface area (Å²) in [5.74, 6) is 0.299. The van der Waals surface area contributed by atoms with Crippen molar-refractivity contribution in [2.24, 2.45) is 11.3 Å². The maximum Gasteiger partial charge on any atom is -0.0354 e. The number of rotatable bonds is 0. The summed E-state index contributed by atoms with van der Waals surface area (Å²) >= 11 is 0. The van der Waals surface area contributed by atoms with Crippen molar-refractivity contribution in [2.45, 2.75) is 20.8 Å². The van der Waals surface area contributed by atoms with Crippen molar-refractivity contribution in [3.8, 4) is 0 Å². The van der Waals surface area contributed by atoms with Gasteiger partial charge in [0.2, 0.25) is 0 Å². The van der Waals surface area contributed by atoms with Gasteiger partial charge in [0.15, 0.2) is 0 Å². The lowest BCUT2D eigenvalue weighted by Gasteiger charge is -2.22. The van der Waals surface area contributed by atoms with Crippen molar-refractivity contribution in [1.82, 2.24) is 0 Å². The van der Waals surface area contributed by atoms with Crippen molar-refractivity contribution in [3.63, 3.8) is 0 Å². The molecule has 7 heavy (non-hydrogen) atoms. The fraction of sp³-hybridized carbons (Fsp3) is 0.714. The van der Waals surface area contributed by atoms with Crippen molar-refractivity contribution in [2.75, 3.05) is 0 Å². The third-order valence-corrected chi connectivity index (χ3v) is 1.22. The van der Waals surface area contributed by atoms with Crippen LogP contribution in [0.2, 0.25) is 0 Å². The van der Waals surface area contributed by atoms with E-state index in [2.05, 4.69) is 34.6 Å². The van der Waals surface area contributed by atoms with Gasteiger partial charge < -0.3 is 0 Å². The largest absolute Gasteiger partial charge is 0.0599 e. The highest BCUT2D eigenvalue weighted by molar-refractivity contribution is 4.76. The first kappa shape index (κ1) is 7.00. The van der Waals surface area contributed by atoms with E-state index < -0.39 is 0 Å². The lowest BCUT2D eigenvalue weighted by molar-refractivity contribution is 0.339. The van der Waals surface area contributed by atoms with E-state index in [-0.39, 0.29) is 5.41 Å². The molecule has 0 aromatic carbocycles. The second-order valence-corrected chi connectivity index (χ2v) is 3.06. The Bertz CT molecular complexity index is 45.5. The van der Waals surface area contributed by atoms with Gasteiger partial charge in [-0.1, -0.05) is 20.8 Å². The van der Waals surface area contributed by atoms with Gasteiger partial charge in [-0.05, 0) is 25.2 Å². The number of hydrogen-bond donors (Lipinski definition) is 0. The molecule has 2 radical (unpaired) electrons. The highest BCUT2D eigenvalue weighted by Crippen LogP contribution is 2.22. The Morgan fingerprint density at radius 3 is 1.29 bits per heavy atom. The van der Waals surface area contributed by atoms with Crippen LogP contribution in [0.1, 0.15) is 20.8 Å². The molecule has 0 heterocycles. The van der Waals surface area contributed by atoms with Crippen LogP contribution in [0.25, 0.3) is 0 Å². The van der Waals surface area contributed by atoms with Crippen LogP contribution >= 0.6 is 0 Å². The van der Waals surface area contributed by atoms with E-state index in [0.717, 1.165) is 0 Å².